The monoisotopic (exact) mass is 259 g/mol. The van der Waals surface area contributed by atoms with E-state index in [2.05, 4.69) is 36.4 Å². The molecule has 1 heterocycles. The van der Waals surface area contributed by atoms with Gasteiger partial charge < -0.3 is 10.4 Å². The standard InChI is InChI=1S/C15H21N3O/c1-15(2)13(8-14(15)19)16-9-11-10-6-4-5-7-12(10)18(3)17-11/h4-7,13-14,16,19H,8-9H2,1-3H3. The maximum absolute atomic E-state index is 9.76. The molecule has 1 aromatic heterocycles. The van der Waals surface area contributed by atoms with Crippen LogP contribution in [0.15, 0.2) is 24.3 Å². The van der Waals surface area contributed by atoms with Gasteiger partial charge in [-0.05, 0) is 12.5 Å². The highest BCUT2D eigenvalue weighted by Crippen LogP contribution is 2.40. The van der Waals surface area contributed by atoms with Gasteiger partial charge in [0.25, 0.3) is 0 Å². The van der Waals surface area contributed by atoms with Gasteiger partial charge in [0.2, 0.25) is 0 Å². The highest BCUT2D eigenvalue weighted by molar-refractivity contribution is 5.81. The molecule has 2 N–H and O–H groups in total. The van der Waals surface area contributed by atoms with Crippen molar-refractivity contribution >= 4 is 10.9 Å². The maximum Gasteiger partial charge on any atom is 0.0841 e. The van der Waals surface area contributed by atoms with E-state index in [-0.39, 0.29) is 11.5 Å². The zero-order chi connectivity index (χ0) is 13.6. The third-order valence-electron chi connectivity index (χ3n) is 4.57. The third kappa shape index (κ3) is 1.95. The Bertz CT molecular complexity index is 602. The average Bonchev–Trinajstić information content (AvgIpc) is 2.72. The molecule has 1 aromatic carbocycles. The van der Waals surface area contributed by atoms with E-state index < -0.39 is 0 Å². The minimum atomic E-state index is -0.189. The Kier molecular flexibility index (Phi) is 2.87. The van der Waals surface area contributed by atoms with Crippen molar-refractivity contribution in [2.75, 3.05) is 0 Å². The zero-order valence-electron chi connectivity index (χ0n) is 11.7. The van der Waals surface area contributed by atoms with Crippen molar-refractivity contribution in [3.8, 4) is 0 Å². The van der Waals surface area contributed by atoms with Crippen molar-refractivity contribution in [1.29, 1.82) is 0 Å². The minimum Gasteiger partial charge on any atom is -0.392 e. The van der Waals surface area contributed by atoms with Gasteiger partial charge in [0.1, 0.15) is 0 Å². The van der Waals surface area contributed by atoms with Gasteiger partial charge in [-0.15, -0.1) is 0 Å². The second-order valence-electron chi connectivity index (χ2n) is 6.09. The van der Waals surface area contributed by atoms with E-state index in [1.165, 1.54) is 5.39 Å². The number of nitrogens with one attached hydrogen (secondary N) is 1. The number of rotatable bonds is 3. The molecule has 3 rings (SSSR count). The van der Waals surface area contributed by atoms with Gasteiger partial charge in [-0.3, -0.25) is 4.68 Å². The summed E-state index contributed by atoms with van der Waals surface area (Å²) in [6.07, 6.45) is 0.642. The zero-order valence-corrected chi connectivity index (χ0v) is 11.7. The summed E-state index contributed by atoms with van der Waals surface area (Å²) in [6.45, 7) is 4.97. The van der Waals surface area contributed by atoms with Crippen molar-refractivity contribution < 1.29 is 5.11 Å². The van der Waals surface area contributed by atoms with E-state index in [0.717, 1.165) is 24.2 Å². The van der Waals surface area contributed by atoms with E-state index in [9.17, 15) is 5.11 Å². The van der Waals surface area contributed by atoms with Crippen molar-refractivity contribution in [3.05, 3.63) is 30.0 Å². The van der Waals surface area contributed by atoms with Gasteiger partial charge in [-0.1, -0.05) is 32.0 Å². The Morgan fingerprint density at radius 3 is 2.84 bits per heavy atom. The first-order valence-corrected chi connectivity index (χ1v) is 6.82. The smallest absolute Gasteiger partial charge is 0.0841 e. The summed E-state index contributed by atoms with van der Waals surface area (Å²) in [5.74, 6) is 0. The van der Waals surface area contributed by atoms with Gasteiger partial charge in [0, 0.05) is 30.4 Å². The van der Waals surface area contributed by atoms with Crippen LogP contribution in [-0.4, -0.2) is 27.0 Å². The van der Waals surface area contributed by atoms with Gasteiger partial charge in [-0.25, -0.2) is 0 Å². The van der Waals surface area contributed by atoms with E-state index in [1.54, 1.807) is 0 Å². The number of fused-ring (bicyclic) bond motifs is 1. The number of aliphatic hydroxyl groups is 1. The lowest BCUT2D eigenvalue weighted by Crippen LogP contribution is -2.59. The summed E-state index contributed by atoms with van der Waals surface area (Å²) in [7, 11) is 1.98. The Hall–Kier alpha value is -1.39. The molecule has 1 aliphatic carbocycles. The van der Waals surface area contributed by atoms with Crippen LogP contribution in [0.1, 0.15) is 26.0 Å². The molecule has 4 heteroatoms. The molecular weight excluding hydrogens is 238 g/mol. The van der Waals surface area contributed by atoms with Gasteiger partial charge in [0.15, 0.2) is 0 Å². The van der Waals surface area contributed by atoms with Crippen molar-refractivity contribution in [1.82, 2.24) is 15.1 Å². The van der Waals surface area contributed by atoms with Gasteiger partial charge >= 0.3 is 0 Å². The average molecular weight is 259 g/mol. The summed E-state index contributed by atoms with van der Waals surface area (Å²) < 4.78 is 1.92. The SMILES string of the molecule is Cn1nc(CNC2CC(O)C2(C)C)c2ccccc21. The molecule has 4 nitrogen and oxygen atoms in total. The predicted octanol–water partition coefficient (Wildman–Crippen LogP) is 1.82. The fourth-order valence-corrected chi connectivity index (χ4v) is 2.89. The molecular formula is C15H21N3O. The van der Waals surface area contributed by atoms with Crippen LogP contribution in [0.3, 0.4) is 0 Å². The molecule has 1 aliphatic rings. The number of benzene rings is 1. The van der Waals surface area contributed by atoms with Crippen LogP contribution >= 0.6 is 0 Å². The van der Waals surface area contributed by atoms with Crippen molar-refractivity contribution in [2.24, 2.45) is 12.5 Å². The van der Waals surface area contributed by atoms with Crippen molar-refractivity contribution in [3.63, 3.8) is 0 Å². The molecule has 0 amide bonds. The van der Waals surface area contributed by atoms with E-state index in [1.807, 2.05) is 23.9 Å². The molecule has 19 heavy (non-hydrogen) atoms. The second-order valence-corrected chi connectivity index (χ2v) is 6.09. The molecule has 0 spiro atoms. The summed E-state index contributed by atoms with van der Waals surface area (Å²) in [4.78, 5) is 0. The maximum atomic E-state index is 9.76. The first kappa shape index (κ1) is 12.6. The number of hydrogen-bond donors (Lipinski definition) is 2. The van der Waals surface area contributed by atoms with Crippen LogP contribution in [0.5, 0.6) is 0 Å². The number of aryl methyl sites for hydroxylation is 1. The highest BCUT2D eigenvalue weighted by Gasteiger charge is 2.46. The Balaban J connectivity index is 1.76. The molecule has 0 bridgehead atoms. The van der Waals surface area contributed by atoms with Crippen LogP contribution in [-0.2, 0) is 13.6 Å². The normalized spacial score (nSPS) is 25.5. The number of para-hydroxylation sites is 1. The molecule has 0 aliphatic heterocycles. The second kappa shape index (κ2) is 4.32. The van der Waals surface area contributed by atoms with Gasteiger partial charge in [-0.2, -0.15) is 5.10 Å². The van der Waals surface area contributed by atoms with E-state index >= 15 is 0 Å². The molecule has 2 atom stereocenters. The van der Waals surface area contributed by atoms with Gasteiger partial charge in [0.05, 0.1) is 17.3 Å². The lowest BCUT2D eigenvalue weighted by molar-refractivity contribution is -0.0730. The van der Waals surface area contributed by atoms with E-state index in [4.69, 9.17) is 0 Å². The number of nitrogens with zero attached hydrogens (tertiary/aromatic N) is 2. The van der Waals surface area contributed by atoms with Crippen LogP contribution in [0.25, 0.3) is 10.9 Å². The molecule has 1 saturated carbocycles. The first-order valence-electron chi connectivity index (χ1n) is 6.82. The van der Waals surface area contributed by atoms with Crippen LogP contribution in [0.4, 0.5) is 0 Å². The fraction of sp³-hybridized carbons (Fsp3) is 0.533. The van der Waals surface area contributed by atoms with Crippen LogP contribution in [0.2, 0.25) is 0 Å². The third-order valence-corrected chi connectivity index (χ3v) is 4.57. The fourth-order valence-electron chi connectivity index (χ4n) is 2.89. The Labute approximate surface area is 113 Å². The molecule has 1 fully saturated rings. The summed E-state index contributed by atoms with van der Waals surface area (Å²) in [5, 5.41) is 19.1. The Morgan fingerprint density at radius 2 is 2.16 bits per heavy atom. The molecule has 102 valence electrons. The number of aromatic nitrogens is 2. The molecule has 2 aromatic rings. The van der Waals surface area contributed by atoms with Crippen LogP contribution < -0.4 is 5.32 Å². The topological polar surface area (TPSA) is 50.1 Å². The highest BCUT2D eigenvalue weighted by atomic mass is 16.3. The number of hydrogen-bond acceptors (Lipinski definition) is 3. The molecule has 0 radical (unpaired) electrons. The predicted molar refractivity (Wildman–Crippen MR) is 75.7 cm³/mol. The lowest BCUT2D eigenvalue weighted by Gasteiger charge is -2.49. The molecule has 2 unspecified atom stereocenters. The lowest BCUT2D eigenvalue weighted by atomic mass is 9.64. The quantitative estimate of drug-likeness (QED) is 0.884. The molecule has 0 saturated heterocycles. The Morgan fingerprint density at radius 1 is 1.42 bits per heavy atom. The van der Waals surface area contributed by atoms with E-state index in [0.29, 0.717) is 6.04 Å². The summed E-state index contributed by atoms with van der Waals surface area (Å²) in [6, 6.07) is 8.64. The summed E-state index contributed by atoms with van der Waals surface area (Å²) in [5.41, 5.74) is 2.20. The minimum absolute atomic E-state index is 0.0371. The largest absolute Gasteiger partial charge is 0.392 e. The summed E-state index contributed by atoms with van der Waals surface area (Å²) >= 11 is 0. The van der Waals surface area contributed by atoms with Crippen molar-refractivity contribution in [2.45, 2.75) is 39.0 Å². The van der Waals surface area contributed by atoms with Crippen LogP contribution in [0, 0.1) is 5.41 Å². The number of aliphatic hydroxyl groups excluding tert-OH is 1. The first-order chi connectivity index (χ1) is 9.00.